The molecular formula is C11H10ClF3N2O2. The Morgan fingerprint density at radius 2 is 2.16 bits per heavy atom. The highest BCUT2D eigenvalue weighted by Crippen LogP contribution is 2.30. The Balaban J connectivity index is 2.88. The zero-order valence-electron chi connectivity index (χ0n) is 9.79. The molecule has 0 aromatic heterocycles. The molecule has 1 rings (SSSR count). The first kappa shape index (κ1) is 15.3. The number of rotatable bonds is 4. The first-order valence-corrected chi connectivity index (χ1v) is 5.52. The van der Waals surface area contributed by atoms with E-state index in [2.05, 4.69) is 14.8 Å². The maximum Gasteiger partial charge on any atom is 0.416 e. The first-order valence-electron chi connectivity index (χ1n) is 5.21. The quantitative estimate of drug-likeness (QED) is 0.682. The van der Waals surface area contributed by atoms with E-state index in [9.17, 15) is 18.0 Å². The molecule has 4 nitrogen and oxygen atoms in total. The summed E-state index contributed by atoms with van der Waals surface area (Å²) in [5, 5.41) is 3.65. The second-order valence-corrected chi connectivity index (χ2v) is 3.62. The van der Waals surface area contributed by atoms with Crippen LogP contribution >= 0.6 is 11.9 Å². The van der Waals surface area contributed by atoms with Crippen LogP contribution in [0.1, 0.15) is 18.9 Å². The molecule has 0 saturated carbocycles. The largest absolute Gasteiger partial charge is 0.416 e. The second-order valence-electron chi connectivity index (χ2n) is 3.47. The molecule has 0 amide bonds. The number of nitrogens with one attached hydrogen (secondary N) is 1. The van der Waals surface area contributed by atoms with Crippen LogP contribution in [0.3, 0.4) is 0 Å². The van der Waals surface area contributed by atoms with E-state index in [1.54, 1.807) is 6.92 Å². The van der Waals surface area contributed by atoms with Crippen LogP contribution in [-0.2, 0) is 15.3 Å². The van der Waals surface area contributed by atoms with Crippen molar-refractivity contribution < 1.29 is 22.3 Å². The van der Waals surface area contributed by atoms with Crippen molar-refractivity contribution in [1.82, 2.24) is 0 Å². The van der Waals surface area contributed by atoms with E-state index in [-0.39, 0.29) is 17.8 Å². The Labute approximate surface area is 112 Å². The van der Waals surface area contributed by atoms with Crippen molar-refractivity contribution in [3.05, 3.63) is 29.8 Å². The third-order valence-electron chi connectivity index (χ3n) is 2.15. The summed E-state index contributed by atoms with van der Waals surface area (Å²) in [7, 11) is 0. The van der Waals surface area contributed by atoms with E-state index < -0.39 is 17.7 Å². The van der Waals surface area contributed by atoms with Gasteiger partial charge in [0.2, 0.25) is 0 Å². The number of hydrogen-bond acceptors (Lipinski definition) is 4. The number of halogens is 4. The summed E-state index contributed by atoms with van der Waals surface area (Å²) < 4.78 is 41.3. The number of alkyl halides is 3. The summed E-state index contributed by atoms with van der Waals surface area (Å²) in [4.78, 5) is 11.1. The topological polar surface area (TPSA) is 50.7 Å². The molecule has 0 spiro atoms. The van der Waals surface area contributed by atoms with Crippen molar-refractivity contribution in [3.63, 3.8) is 0 Å². The van der Waals surface area contributed by atoms with Crippen LogP contribution in [0.4, 0.5) is 18.9 Å². The van der Waals surface area contributed by atoms with Crippen LogP contribution in [0, 0.1) is 0 Å². The van der Waals surface area contributed by atoms with Gasteiger partial charge in [0.15, 0.2) is 0 Å². The summed E-state index contributed by atoms with van der Waals surface area (Å²) in [6, 6.07) is 4.43. The minimum atomic E-state index is -4.44. The highest BCUT2D eigenvalue weighted by Gasteiger charge is 2.30. The summed E-state index contributed by atoms with van der Waals surface area (Å²) in [6.07, 6.45) is -4.22. The molecule has 1 aromatic carbocycles. The number of benzene rings is 1. The van der Waals surface area contributed by atoms with Crippen LogP contribution in [-0.4, -0.2) is 11.7 Å². The second kappa shape index (κ2) is 6.42. The predicted molar refractivity (Wildman–Crippen MR) is 64.7 cm³/mol. The van der Waals surface area contributed by atoms with E-state index in [1.165, 1.54) is 12.1 Å². The fourth-order valence-corrected chi connectivity index (χ4v) is 1.30. The van der Waals surface area contributed by atoms with Gasteiger partial charge in [-0.15, -0.1) is 0 Å². The first-order chi connectivity index (χ1) is 8.88. The van der Waals surface area contributed by atoms with Crippen LogP contribution in [0.15, 0.2) is 29.4 Å². The van der Waals surface area contributed by atoms with E-state index in [4.69, 9.17) is 11.9 Å². The van der Waals surface area contributed by atoms with Crippen molar-refractivity contribution in [2.75, 3.05) is 5.43 Å². The molecule has 0 atom stereocenters. The van der Waals surface area contributed by atoms with Gasteiger partial charge in [-0.25, -0.2) is 4.79 Å². The lowest BCUT2D eigenvalue weighted by Crippen LogP contribution is -2.14. The Morgan fingerprint density at radius 1 is 1.47 bits per heavy atom. The number of carbonyl (C=O) groups is 1. The SMILES string of the molecule is CC/C(=N/Nc1cccc(C(F)(F)F)c1)C(=O)OCl. The van der Waals surface area contributed by atoms with Crippen LogP contribution in [0.2, 0.25) is 0 Å². The molecule has 0 aliphatic carbocycles. The third kappa shape index (κ3) is 4.44. The zero-order valence-corrected chi connectivity index (χ0v) is 10.5. The van der Waals surface area contributed by atoms with Crippen molar-refractivity contribution >= 4 is 29.2 Å². The van der Waals surface area contributed by atoms with E-state index in [0.29, 0.717) is 0 Å². The lowest BCUT2D eigenvalue weighted by molar-refractivity contribution is -0.137. The van der Waals surface area contributed by atoms with Gasteiger partial charge in [0, 0.05) is 0 Å². The lowest BCUT2D eigenvalue weighted by Gasteiger charge is -2.08. The fraction of sp³-hybridized carbons (Fsp3) is 0.273. The lowest BCUT2D eigenvalue weighted by atomic mass is 10.2. The number of hydrazone groups is 1. The molecule has 0 heterocycles. The molecule has 0 saturated heterocycles. The molecule has 0 aliphatic rings. The molecule has 0 aliphatic heterocycles. The average molecular weight is 295 g/mol. The van der Waals surface area contributed by atoms with Crippen molar-refractivity contribution in [1.29, 1.82) is 0 Å². The Morgan fingerprint density at radius 3 is 2.68 bits per heavy atom. The smallest absolute Gasteiger partial charge is 0.342 e. The van der Waals surface area contributed by atoms with Crippen LogP contribution in [0.25, 0.3) is 0 Å². The monoisotopic (exact) mass is 294 g/mol. The minimum Gasteiger partial charge on any atom is -0.342 e. The summed E-state index contributed by atoms with van der Waals surface area (Å²) in [5.41, 5.74) is 1.60. The highest BCUT2D eigenvalue weighted by molar-refractivity contribution is 6.40. The van der Waals surface area contributed by atoms with Gasteiger partial charge < -0.3 is 4.29 Å². The molecule has 1 N–H and O–H groups in total. The number of carbonyl (C=O) groups excluding carboxylic acids is 1. The van der Waals surface area contributed by atoms with E-state index in [0.717, 1.165) is 12.1 Å². The van der Waals surface area contributed by atoms with Crippen molar-refractivity contribution in [3.8, 4) is 0 Å². The summed E-state index contributed by atoms with van der Waals surface area (Å²) in [5.74, 6) is -0.858. The van der Waals surface area contributed by atoms with Gasteiger partial charge in [0.05, 0.1) is 11.3 Å². The minimum absolute atomic E-state index is 0.0348. The van der Waals surface area contributed by atoms with Gasteiger partial charge in [-0.2, -0.15) is 18.3 Å². The van der Waals surface area contributed by atoms with E-state index >= 15 is 0 Å². The number of anilines is 1. The normalized spacial score (nSPS) is 12.2. The molecule has 104 valence electrons. The predicted octanol–water partition coefficient (Wildman–Crippen LogP) is 3.58. The molecule has 19 heavy (non-hydrogen) atoms. The molecule has 0 bridgehead atoms. The fourth-order valence-electron chi connectivity index (χ4n) is 1.21. The van der Waals surface area contributed by atoms with Gasteiger partial charge >= 0.3 is 12.1 Å². The average Bonchev–Trinajstić information content (AvgIpc) is 2.38. The Kier molecular flexibility index (Phi) is 5.17. The van der Waals surface area contributed by atoms with Gasteiger partial charge in [0.25, 0.3) is 0 Å². The molecule has 1 aromatic rings. The zero-order chi connectivity index (χ0) is 14.5. The van der Waals surface area contributed by atoms with Crippen LogP contribution in [0.5, 0.6) is 0 Å². The summed E-state index contributed by atoms with van der Waals surface area (Å²) in [6.45, 7) is 1.63. The maximum atomic E-state index is 12.5. The van der Waals surface area contributed by atoms with Crippen molar-refractivity contribution in [2.24, 2.45) is 5.10 Å². The number of hydrogen-bond donors (Lipinski definition) is 1. The maximum absolute atomic E-state index is 12.5. The van der Waals surface area contributed by atoms with Gasteiger partial charge in [0.1, 0.15) is 17.6 Å². The summed E-state index contributed by atoms with van der Waals surface area (Å²) >= 11 is 4.89. The van der Waals surface area contributed by atoms with Gasteiger partial charge in [-0.1, -0.05) is 13.0 Å². The van der Waals surface area contributed by atoms with Crippen molar-refractivity contribution in [2.45, 2.75) is 19.5 Å². The molecule has 0 fully saturated rings. The van der Waals surface area contributed by atoms with Crippen LogP contribution < -0.4 is 5.43 Å². The molecular weight excluding hydrogens is 285 g/mol. The molecule has 0 radical (unpaired) electrons. The molecule has 0 unspecified atom stereocenters. The standard InChI is InChI=1S/C11H10ClF3N2O2/c1-2-9(10(18)19-12)17-16-8-5-3-4-7(6-8)11(13,14)15/h3-6,16H,2H2,1H3/b17-9-. The number of nitrogens with zero attached hydrogens (tertiary/aromatic N) is 1. The highest BCUT2D eigenvalue weighted by atomic mass is 35.5. The van der Waals surface area contributed by atoms with Gasteiger partial charge in [-0.05, 0) is 24.6 Å². The third-order valence-corrected chi connectivity index (χ3v) is 2.29. The Bertz CT molecular complexity index is 489. The molecule has 8 heteroatoms. The Hall–Kier alpha value is -1.76. The van der Waals surface area contributed by atoms with Gasteiger partial charge in [-0.3, -0.25) is 5.43 Å². The van der Waals surface area contributed by atoms with E-state index in [1.807, 2.05) is 0 Å².